The van der Waals surface area contributed by atoms with Gasteiger partial charge >= 0.3 is 5.97 Å². The van der Waals surface area contributed by atoms with Crippen LogP contribution in [-0.4, -0.2) is 32.3 Å². The minimum Gasteiger partial charge on any atom is -0.465 e. The van der Waals surface area contributed by atoms with E-state index in [9.17, 15) is 13.2 Å². The molecule has 1 rings (SSSR count). The first-order chi connectivity index (χ1) is 6.90. The lowest BCUT2D eigenvalue weighted by atomic mass is 10.5. The maximum Gasteiger partial charge on any atom is 0.348 e. The molecule has 0 aliphatic heterocycles. The number of carbonyl (C=O) groups excluding carboxylic acids is 1. The summed E-state index contributed by atoms with van der Waals surface area (Å²) in [6.07, 6.45) is 1.65. The van der Waals surface area contributed by atoms with Crippen LogP contribution in [0.2, 0.25) is 0 Å². The second-order valence-electron chi connectivity index (χ2n) is 2.43. The predicted octanol–water partition coefficient (Wildman–Crippen LogP) is 1.50. The number of hydrogen-bond donors (Lipinski definition) is 1. The Morgan fingerprint density at radius 2 is 2.20 bits per heavy atom. The van der Waals surface area contributed by atoms with Crippen molar-refractivity contribution in [2.24, 2.45) is 0 Å². The molecule has 1 N–H and O–H groups in total. The minimum atomic E-state index is -4.28. The third kappa shape index (κ3) is 2.71. The lowest BCUT2D eigenvalue weighted by molar-refractivity contribution is 0.0606. The summed E-state index contributed by atoms with van der Waals surface area (Å²) in [7, 11) is -3.08. The zero-order valence-electron chi connectivity index (χ0n) is 7.88. The Morgan fingerprint density at radius 1 is 1.60 bits per heavy atom. The Kier molecular flexibility index (Phi) is 3.77. The molecule has 0 saturated carbocycles. The predicted molar refractivity (Wildman–Crippen MR) is 57.3 cm³/mol. The van der Waals surface area contributed by atoms with E-state index in [2.05, 4.69) is 4.74 Å². The summed E-state index contributed by atoms with van der Waals surface area (Å²) in [5.74, 6) is -0.620. The van der Waals surface area contributed by atoms with Gasteiger partial charge in [0.15, 0.2) is 0 Å². The number of esters is 1. The van der Waals surface area contributed by atoms with Crippen molar-refractivity contribution in [3.8, 4) is 0 Å². The number of ether oxygens (including phenoxy) is 1. The first-order valence-electron chi connectivity index (χ1n) is 3.63. The molecule has 0 spiro atoms. The van der Waals surface area contributed by atoms with Gasteiger partial charge in [-0.3, -0.25) is 4.55 Å². The van der Waals surface area contributed by atoms with Gasteiger partial charge in [-0.2, -0.15) is 8.42 Å². The van der Waals surface area contributed by atoms with Gasteiger partial charge in [0.05, 0.1) is 11.3 Å². The molecule has 0 unspecified atom stereocenters. The van der Waals surface area contributed by atoms with E-state index in [0.29, 0.717) is 4.21 Å². The highest BCUT2D eigenvalue weighted by Gasteiger charge is 2.22. The van der Waals surface area contributed by atoms with Crippen molar-refractivity contribution in [3.05, 3.63) is 10.9 Å². The second kappa shape index (κ2) is 4.52. The first kappa shape index (κ1) is 12.5. The molecule has 0 atom stereocenters. The molecule has 1 aromatic heterocycles. The molecule has 1 heterocycles. The summed E-state index contributed by atoms with van der Waals surface area (Å²) >= 11 is 2.11. The van der Waals surface area contributed by atoms with Crippen molar-refractivity contribution in [1.29, 1.82) is 0 Å². The van der Waals surface area contributed by atoms with E-state index >= 15 is 0 Å². The van der Waals surface area contributed by atoms with Crippen molar-refractivity contribution in [2.75, 3.05) is 13.4 Å². The number of hydrogen-bond acceptors (Lipinski definition) is 6. The Morgan fingerprint density at radius 3 is 2.53 bits per heavy atom. The normalized spacial score (nSPS) is 11.4. The van der Waals surface area contributed by atoms with Gasteiger partial charge in [-0.25, -0.2) is 4.79 Å². The van der Waals surface area contributed by atoms with Crippen molar-refractivity contribution >= 4 is 39.2 Å². The largest absolute Gasteiger partial charge is 0.465 e. The smallest absolute Gasteiger partial charge is 0.348 e. The van der Waals surface area contributed by atoms with Gasteiger partial charge in [0.25, 0.3) is 10.1 Å². The molecule has 0 bridgehead atoms. The summed E-state index contributed by atoms with van der Waals surface area (Å²) in [5.41, 5.74) is 0. The van der Waals surface area contributed by atoms with Gasteiger partial charge in [-0.1, -0.05) is 0 Å². The Hall–Kier alpha value is -0.570. The Balaban J connectivity index is 3.30. The van der Waals surface area contributed by atoms with Crippen LogP contribution in [0.1, 0.15) is 9.67 Å². The van der Waals surface area contributed by atoms with Crippen LogP contribution in [0.3, 0.4) is 0 Å². The fraction of sp³-hybridized carbons (Fsp3) is 0.286. The van der Waals surface area contributed by atoms with E-state index in [4.69, 9.17) is 4.55 Å². The molecule has 1 aromatic rings. The first-order valence-corrected chi connectivity index (χ1v) is 7.12. The van der Waals surface area contributed by atoms with Crippen LogP contribution in [0.4, 0.5) is 0 Å². The third-order valence-electron chi connectivity index (χ3n) is 1.52. The summed E-state index contributed by atoms with van der Waals surface area (Å²) < 4.78 is 35.6. The second-order valence-corrected chi connectivity index (χ2v) is 5.95. The van der Waals surface area contributed by atoms with Crippen LogP contribution in [-0.2, 0) is 14.9 Å². The quantitative estimate of drug-likeness (QED) is 0.508. The van der Waals surface area contributed by atoms with E-state index in [0.717, 1.165) is 29.2 Å². The average Bonchev–Trinajstić information content (AvgIpc) is 2.59. The van der Waals surface area contributed by atoms with Gasteiger partial charge in [0, 0.05) is 0 Å². The van der Waals surface area contributed by atoms with Crippen LogP contribution in [0, 0.1) is 0 Å². The van der Waals surface area contributed by atoms with Crippen molar-refractivity contribution in [2.45, 2.75) is 9.10 Å². The molecule has 0 radical (unpaired) electrons. The summed E-state index contributed by atoms with van der Waals surface area (Å²) in [4.78, 5) is 11.0. The van der Waals surface area contributed by atoms with E-state index in [1.54, 1.807) is 6.26 Å². The summed E-state index contributed by atoms with van der Waals surface area (Å²) in [5, 5.41) is 0. The molecule has 0 aliphatic carbocycles. The zero-order valence-corrected chi connectivity index (χ0v) is 10.3. The molecule has 5 nitrogen and oxygen atoms in total. The molecular weight excluding hydrogens is 260 g/mol. The van der Waals surface area contributed by atoms with Gasteiger partial charge in [-0.05, 0) is 12.3 Å². The van der Waals surface area contributed by atoms with Crippen LogP contribution in [0.25, 0.3) is 0 Å². The molecule has 8 heteroatoms. The number of methoxy groups -OCH3 is 1. The molecular formula is C7H8O5S3. The molecule has 0 amide bonds. The molecule has 0 aromatic carbocycles. The molecule has 84 valence electrons. The number of rotatable bonds is 3. The topological polar surface area (TPSA) is 80.7 Å². The van der Waals surface area contributed by atoms with Crippen molar-refractivity contribution in [3.63, 3.8) is 0 Å². The van der Waals surface area contributed by atoms with Crippen molar-refractivity contribution < 1.29 is 22.5 Å². The maximum atomic E-state index is 11.1. The van der Waals surface area contributed by atoms with E-state index in [1.807, 2.05) is 0 Å². The Bertz CT molecular complexity index is 473. The van der Waals surface area contributed by atoms with Gasteiger partial charge in [-0.15, -0.1) is 23.1 Å². The van der Waals surface area contributed by atoms with Crippen LogP contribution >= 0.6 is 23.1 Å². The van der Waals surface area contributed by atoms with E-state index in [1.165, 1.54) is 7.11 Å². The van der Waals surface area contributed by atoms with Gasteiger partial charge < -0.3 is 4.74 Å². The highest BCUT2D eigenvalue weighted by Crippen LogP contribution is 2.33. The fourth-order valence-electron chi connectivity index (χ4n) is 0.881. The number of thioether (sulfide) groups is 1. The highest BCUT2D eigenvalue weighted by molar-refractivity contribution is 8.01. The minimum absolute atomic E-state index is 0.148. The van der Waals surface area contributed by atoms with Gasteiger partial charge in [0.1, 0.15) is 9.77 Å². The maximum absolute atomic E-state index is 11.1. The van der Waals surface area contributed by atoms with Crippen molar-refractivity contribution in [1.82, 2.24) is 0 Å². The van der Waals surface area contributed by atoms with E-state index < -0.39 is 16.1 Å². The highest BCUT2D eigenvalue weighted by atomic mass is 32.2. The standard InChI is InChI=1S/C7H8O5S3/c1-12-6(8)4-3-5(15(9,10)11)7(13-2)14-4/h3H,1-2H3,(H,9,10,11). The molecule has 0 aliphatic rings. The molecule has 15 heavy (non-hydrogen) atoms. The van der Waals surface area contributed by atoms with Gasteiger partial charge in [0.2, 0.25) is 0 Å². The van der Waals surface area contributed by atoms with Crippen LogP contribution < -0.4 is 0 Å². The van der Waals surface area contributed by atoms with Crippen LogP contribution in [0.15, 0.2) is 15.2 Å². The summed E-state index contributed by atoms with van der Waals surface area (Å²) in [6.45, 7) is 0. The van der Waals surface area contributed by atoms with E-state index in [-0.39, 0.29) is 9.77 Å². The summed E-state index contributed by atoms with van der Waals surface area (Å²) in [6, 6.07) is 1.11. The number of thiophene rings is 1. The molecule has 0 fully saturated rings. The third-order valence-corrected chi connectivity index (χ3v) is 4.90. The monoisotopic (exact) mass is 268 g/mol. The average molecular weight is 268 g/mol. The zero-order chi connectivity index (χ0) is 11.6. The van der Waals surface area contributed by atoms with Crippen LogP contribution in [0.5, 0.6) is 0 Å². The SMILES string of the molecule is COC(=O)c1cc(S(=O)(=O)O)c(SC)s1. The molecule has 0 saturated heterocycles. The Labute approximate surface area is 95.2 Å². The fourth-order valence-corrected chi connectivity index (χ4v) is 4.01. The lowest BCUT2D eigenvalue weighted by Crippen LogP contribution is -1.99. The lowest BCUT2D eigenvalue weighted by Gasteiger charge is -1.93. The number of carbonyl (C=O) groups is 1.